The normalized spacial score (nSPS) is 19.7. The SMILES string of the molecule is CN=C(NCC(C)(C)OC)N1CC[C@@H](NC(=O)OC(C)(C)C)C1. The Hall–Kier alpha value is -1.50. The molecule has 0 unspecified atom stereocenters. The number of rotatable bonds is 4. The molecule has 0 aliphatic carbocycles. The minimum Gasteiger partial charge on any atom is -0.444 e. The number of aliphatic imine (C=N–C) groups is 1. The fraction of sp³-hybridized carbons (Fsp3) is 0.875. The summed E-state index contributed by atoms with van der Waals surface area (Å²) in [5.74, 6) is 0.823. The summed E-state index contributed by atoms with van der Waals surface area (Å²) in [6.07, 6.45) is 0.501. The Balaban J connectivity index is 2.47. The first kappa shape index (κ1) is 19.5. The number of amides is 1. The number of ether oxygens (including phenoxy) is 2. The van der Waals surface area contributed by atoms with Crippen molar-refractivity contribution >= 4 is 12.1 Å². The molecule has 1 fully saturated rings. The van der Waals surface area contributed by atoms with Crippen molar-refractivity contribution in [3.8, 4) is 0 Å². The predicted molar refractivity (Wildman–Crippen MR) is 91.8 cm³/mol. The summed E-state index contributed by atoms with van der Waals surface area (Å²) in [7, 11) is 3.46. The molecule has 1 aliphatic heterocycles. The van der Waals surface area contributed by atoms with Crippen molar-refractivity contribution in [2.45, 2.75) is 58.3 Å². The molecule has 23 heavy (non-hydrogen) atoms. The van der Waals surface area contributed by atoms with Crippen LogP contribution in [0, 0.1) is 0 Å². The zero-order valence-electron chi connectivity index (χ0n) is 15.5. The highest BCUT2D eigenvalue weighted by Crippen LogP contribution is 2.12. The predicted octanol–water partition coefficient (Wildman–Crippen LogP) is 1.59. The van der Waals surface area contributed by atoms with Gasteiger partial charge in [-0.2, -0.15) is 0 Å². The van der Waals surface area contributed by atoms with Gasteiger partial charge in [-0.3, -0.25) is 4.99 Å². The van der Waals surface area contributed by atoms with Crippen molar-refractivity contribution in [2.75, 3.05) is 33.8 Å². The van der Waals surface area contributed by atoms with Crippen LogP contribution in [0.15, 0.2) is 4.99 Å². The molecule has 0 aromatic heterocycles. The average molecular weight is 328 g/mol. The van der Waals surface area contributed by atoms with Gasteiger partial charge in [-0.25, -0.2) is 4.79 Å². The van der Waals surface area contributed by atoms with Crippen molar-refractivity contribution in [1.29, 1.82) is 0 Å². The van der Waals surface area contributed by atoms with Gasteiger partial charge in [0.1, 0.15) is 5.60 Å². The van der Waals surface area contributed by atoms with Gasteiger partial charge in [-0.1, -0.05) is 0 Å². The molecule has 7 nitrogen and oxygen atoms in total. The number of carbonyl (C=O) groups is 1. The van der Waals surface area contributed by atoms with Crippen molar-refractivity contribution in [3.05, 3.63) is 0 Å². The molecule has 1 aliphatic rings. The largest absolute Gasteiger partial charge is 0.444 e. The van der Waals surface area contributed by atoms with Crippen molar-refractivity contribution in [3.63, 3.8) is 0 Å². The third kappa shape index (κ3) is 7.07. The lowest BCUT2D eigenvalue weighted by Crippen LogP contribution is -2.47. The lowest BCUT2D eigenvalue weighted by atomic mass is 10.1. The lowest BCUT2D eigenvalue weighted by molar-refractivity contribution is 0.0264. The Morgan fingerprint density at radius 3 is 2.48 bits per heavy atom. The third-order valence-electron chi connectivity index (χ3n) is 3.65. The maximum absolute atomic E-state index is 11.8. The highest BCUT2D eigenvalue weighted by atomic mass is 16.6. The molecule has 1 saturated heterocycles. The molecular formula is C16H32N4O3. The van der Waals surface area contributed by atoms with Gasteiger partial charge in [-0.15, -0.1) is 0 Å². The van der Waals surface area contributed by atoms with E-state index in [0.29, 0.717) is 13.1 Å². The first-order valence-electron chi connectivity index (χ1n) is 8.06. The second kappa shape index (κ2) is 7.86. The van der Waals surface area contributed by atoms with Crippen LogP contribution in [0.3, 0.4) is 0 Å². The average Bonchev–Trinajstić information content (AvgIpc) is 2.85. The van der Waals surface area contributed by atoms with Crippen LogP contribution >= 0.6 is 0 Å². The minimum absolute atomic E-state index is 0.0684. The number of hydrogen-bond donors (Lipinski definition) is 2. The summed E-state index contributed by atoms with van der Waals surface area (Å²) in [4.78, 5) is 18.3. The van der Waals surface area contributed by atoms with Gasteiger partial charge in [-0.05, 0) is 41.0 Å². The van der Waals surface area contributed by atoms with E-state index in [1.165, 1.54) is 0 Å². The molecule has 2 N–H and O–H groups in total. The number of alkyl carbamates (subject to hydrolysis) is 1. The van der Waals surface area contributed by atoms with E-state index in [1.807, 2.05) is 34.6 Å². The molecule has 0 bridgehead atoms. The van der Waals surface area contributed by atoms with E-state index in [4.69, 9.17) is 9.47 Å². The Morgan fingerprint density at radius 2 is 1.96 bits per heavy atom. The van der Waals surface area contributed by atoms with Crippen LogP contribution in [0.2, 0.25) is 0 Å². The summed E-state index contributed by atoms with van der Waals surface area (Å²) in [5, 5.41) is 6.24. The number of methoxy groups -OCH3 is 1. The van der Waals surface area contributed by atoms with E-state index in [-0.39, 0.29) is 17.7 Å². The van der Waals surface area contributed by atoms with Gasteiger partial charge in [0.15, 0.2) is 5.96 Å². The molecule has 0 radical (unpaired) electrons. The van der Waals surface area contributed by atoms with Gasteiger partial charge < -0.3 is 25.0 Å². The second-order valence-corrected chi connectivity index (χ2v) is 7.44. The lowest BCUT2D eigenvalue weighted by Gasteiger charge is -2.28. The molecule has 7 heteroatoms. The number of likely N-dealkylation sites (tertiary alicyclic amines) is 1. The van der Waals surface area contributed by atoms with Gasteiger partial charge in [0.2, 0.25) is 0 Å². The van der Waals surface area contributed by atoms with Crippen LogP contribution in [0.5, 0.6) is 0 Å². The Labute approximate surface area is 139 Å². The van der Waals surface area contributed by atoms with E-state index >= 15 is 0 Å². The first-order chi connectivity index (χ1) is 10.6. The maximum atomic E-state index is 11.8. The summed E-state index contributed by atoms with van der Waals surface area (Å²) in [5.41, 5.74) is -0.741. The third-order valence-corrected chi connectivity index (χ3v) is 3.65. The van der Waals surface area contributed by atoms with Crippen molar-refractivity contribution in [2.24, 2.45) is 4.99 Å². The molecule has 0 saturated carbocycles. The summed E-state index contributed by atoms with van der Waals surface area (Å²) >= 11 is 0. The van der Waals surface area contributed by atoms with E-state index in [0.717, 1.165) is 18.9 Å². The first-order valence-corrected chi connectivity index (χ1v) is 8.06. The molecule has 0 aromatic carbocycles. The highest BCUT2D eigenvalue weighted by Gasteiger charge is 2.28. The fourth-order valence-electron chi connectivity index (χ4n) is 2.24. The standard InChI is InChI=1S/C16H32N4O3/c1-15(2,3)23-14(21)19-12-8-9-20(10-12)13(17-6)18-11-16(4,5)22-7/h12H,8-11H2,1-7H3,(H,17,18)(H,19,21)/t12-/m1/s1. The van der Waals surface area contributed by atoms with Gasteiger partial charge in [0, 0.05) is 33.8 Å². The van der Waals surface area contributed by atoms with Gasteiger partial charge in [0.25, 0.3) is 0 Å². The van der Waals surface area contributed by atoms with E-state index in [2.05, 4.69) is 20.5 Å². The number of hydrogen-bond acceptors (Lipinski definition) is 4. The van der Waals surface area contributed by atoms with Crippen LogP contribution in [0.1, 0.15) is 41.0 Å². The molecule has 134 valence electrons. The summed E-state index contributed by atoms with van der Waals surface area (Å²) in [6.45, 7) is 11.8. The molecule has 1 rings (SSSR count). The van der Waals surface area contributed by atoms with E-state index in [1.54, 1.807) is 14.2 Å². The van der Waals surface area contributed by atoms with Crippen LogP contribution in [-0.4, -0.2) is 68.0 Å². The van der Waals surface area contributed by atoms with Crippen molar-refractivity contribution in [1.82, 2.24) is 15.5 Å². The number of carbonyl (C=O) groups excluding carboxylic acids is 1. The molecule has 1 atom stereocenters. The van der Waals surface area contributed by atoms with E-state index < -0.39 is 5.60 Å². The quantitative estimate of drug-likeness (QED) is 0.605. The zero-order valence-corrected chi connectivity index (χ0v) is 15.5. The Kier molecular flexibility index (Phi) is 6.68. The Morgan fingerprint density at radius 1 is 1.30 bits per heavy atom. The smallest absolute Gasteiger partial charge is 0.407 e. The topological polar surface area (TPSA) is 75.2 Å². The minimum atomic E-state index is -0.480. The molecular weight excluding hydrogens is 296 g/mol. The summed E-state index contributed by atoms with van der Waals surface area (Å²) in [6, 6.07) is 0.0684. The number of nitrogens with zero attached hydrogens (tertiary/aromatic N) is 2. The fourth-order valence-corrected chi connectivity index (χ4v) is 2.24. The monoisotopic (exact) mass is 328 g/mol. The summed E-state index contributed by atoms with van der Waals surface area (Å²) < 4.78 is 10.7. The Bertz CT molecular complexity index is 430. The van der Waals surface area contributed by atoms with Gasteiger partial charge >= 0.3 is 6.09 Å². The molecule has 1 amide bonds. The molecule has 1 heterocycles. The van der Waals surface area contributed by atoms with Crippen LogP contribution in [-0.2, 0) is 9.47 Å². The highest BCUT2D eigenvalue weighted by molar-refractivity contribution is 5.80. The molecule has 0 spiro atoms. The van der Waals surface area contributed by atoms with Crippen molar-refractivity contribution < 1.29 is 14.3 Å². The maximum Gasteiger partial charge on any atom is 0.407 e. The number of nitrogens with one attached hydrogen (secondary N) is 2. The second-order valence-electron chi connectivity index (χ2n) is 7.44. The van der Waals surface area contributed by atoms with E-state index in [9.17, 15) is 4.79 Å². The van der Waals surface area contributed by atoms with Crippen LogP contribution < -0.4 is 10.6 Å². The zero-order chi connectivity index (χ0) is 17.7. The number of guanidine groups is 1. The van der Waals surface area contributed by atoms with Crippen LogP contribution in [0.4, 0.5) is 4.79 Å². The molecule has 0 aromatic rings. The van der Waals surface area contributed by atoms with Crippen LogP contribution in [0.25, 0.3) is 0 Å². The van der Waals surface area contributed by atoms with Gasteiger partial charge in [0.05, 0.1) is 11.6 Å².